The molecule has 0 amide bonds. The zero-order chi connectivity index (χ0) is 15.5. The summed E-state index contributed by atoms with van der Waals surface area (Å²) >= 11 is 1.87. The van der Waals surface area contributed by atoms with Gasteiger partial charge in [0.1, 0.15) is 11.4 Å². The zero-order valence-corrected chi connectivity index (χ0v) is 13.1. The standard InChI is InChI=1S/C17H18N2O2S/c1-2-7-18-14-15(19-8-10-22-11-9-19)17(21)13-6-4-3-5-12(13)16(14)20/h2-6,18H,1,7-11H2. The van der Waals surface area contributed by atoms with Gasteiger partial charge < -0.3 is 10.2 Å². The van der Waals surface area contributed by atoms with E-state index in [2.05, 4.69) is 11.9 Å². The largest absolute Gasteiger partial charge is 0.377 e. The second-order valence-electron chi connectivity index (χ2n) is 5.20. The van der Waals surface area contributed by atoms with Crippen LogP contribution in [0.1, 0.15) is 20.7 Å². The fourth-order valence-electron chi connectivity index (χ4n) is 2.79. The Labute approximate surface area is 134 Å². The van der Waals surface area contributed by atoms with Crippen LogP contribution in [0.3, 0.4) is 0 Å². The number of ketones is 2. The predicted molar refractivity (Wildman–Crippen MR) is 89.2 cm³/mol. The third kappa shape index (κ3) is 2.57. The Morgan fingerprint density at radius 3 is 2.41 bits per heavy atom. The zero-order valence-electron chi connectivity index (χ0n) is 12.3. The molecule has 5 heteroatoms. The van der Waals surface area contributed by atoms with Gasteiger partial charge >= 0.3 is 0 Å². The summed E-state index contributed by atoms with van der Waals surface area (Å²) in [5.74, 6) is 1.78. The third-order valence-electron chi connectivity index (χ3n) is 3.85. The van der Waals surface area contributed by atoms with Gasteiger partial charge in [-0.2, -0.15) is 11.8 Å². The highest BCUT2D eigenvalue weighted by atomic mass is 32.2. The molecule has 1 aliphatic heterocycles. The molecule has 4 nitrogen and oxygen atoms in total. The molecule has 2 aliphatic rings. The minimum Gasteiger partial charge on any atom is -0.377 e. The molecule has 0 radical (unpaired) electrons. The number of benzene rings is 1. The first-order valence-electron chi connectivity index (χ1n) is 7.34. The summed E-state index contributed by atoms with van der Waals surface area (Å²) in [6.45, 7) is 5.72. The second kappa shape index (κ2) is 6.40. The first-order valence-corrected chi connectivity index (χ1v) is 8.49. The minimum atomic E-state index is -0.106. The Bertz CT molecular complexity index is 660. The molecular weight excluding hydrogens is 296 g/mol. The van der Waals surface area contributed by atoms with E-state index in [1.165, 1.54) is 0 Å². The summed E-state index contributed by atoms with van der Waals surface area (Å²) in [5, 5.41) is 3.08. The lowest BCUT2D eigenvalue weighted by Gasteiger charge is -2.33. The molecule has 114 valence electrons. The predicted octanol–water partition coefficient (Wildman–Crippen LogP) is 2.10. The number of Topliss-reactive ketones (excluding diaryl/α,β-unsaturated/α-hetero) is 2. The molecule has 1 heterocycles. The monoisotopic (exact) mass is 314 g/mol. The molecule has 3 rings (SSSR count). The van der Waals surface area contributed by atoms with Crippen molar-refractivity contribution in [1.29, 1.82) is 0 Å². The number of fused-ring (bicyclic) bond motifs is 1. The van der Waals surface area contributed by atoms with Gasteiger partial charge in [-0.25, -0.2) is 0 Å². The normalized spacial score (nSPS) is 18.3. The maximum absolute atomic E-state index is 12.9. The Kier molecular flexibility index (Phi) is 4.34. The number of nitrogens with one attached hydrogen (secondary N) is 1. The molecule has 0 atom stereocenters. The van der Waals surface area contributed by atoms with Crippen molar-refractivity contribution in [3.8, 4) is 0 Å². The Hall–Kier alpha value is -2.01. The van der Waals surface area contributed by atoms with Crippen molar-refractivity contribution in [3.63, 3.8) is 0 Å². The summed E-state index contributed by atoms with van der Waals surface area (Å²) in [5.41, 5.74) is 1.92. The lowest BCUT2D eigenvalue weighted by molar-refractivity contribution is 0.0937. The summed E-state index contributed by atoms with van der Waals surface area (Å²) < 4.78 is 0. The molecule has 0 spiro atoms. The molecule has 0 bridgehead atoms. The maximum atomic E-state index is 12.9. The SMILES string of the molecule is C=CCNC1=C(N2CCSCC2)C(=O)c2ccccc2C1=O. The molecule has 0 saturated carbocycles. The van der Waals surface area contributed by atoms with Gasteiger partial charge in [-0.1, -0.05) is 30.3 Å². The van der Waals surface area contributed by atoms with E-state index in [0.717, 1.165) is 24.6 Å². The van der Waals surface area contributed by atoms with E-state index in [1.807, 2.05) is 16.7 Å². The fourth-order valence-corrected chi connectivity index (χ4v) is 3.69. The number of hydrogen-bond donors (Lipinski definition) is 1. The van der Waals surface area contributed by atoms with E-state index in [1.54, 1.807) is 30.3 Å². The maximum Gasteiger partial charge on any atom is 0.212 e. The van der Waals surface area contributed by atoms with E-state index in [9.17, 15) is 9.59 Å². The van der Waals surface area contributed by atoms with Gasteiger partial charge in [0.05, 0.1) is 0 Å². The van der Waals surface area contributed by atoms with Crippen LogP contribution in [0, 0.1) is 0 Å². The molecule has 22 heavy (non-hydrogen) atoms. The molecular formula is C17H18N2O2S. The van der Waals surface area contributed by atoms with E-state index in [0.29, 0.717) is 29.1 Å². The van der Waals surface area contributed by atoms with Crippen LogP contribution in [0.5, 0.6) is 0 Å². The van der Waals surface area contributed by atoms with Crippen LogP contribution in [0.2, 0.25) is 0 Å². The fraction of sp³-hybridized carbons (Fsp3) is 0.294. The molecule has 0 unspecified atom stereocenters. The number of thioether (sulfide) groups is 1. The average molecular weight is 314 g/mol. The van der Waals surface area contributed by atoms with E-state index >= 15 is 0 Å². The molecule has 1 aromatic rings. The van der Waals surface area contributed by atoms with Gasteiger partial charge in [0.25, 0.3) is 0 Å². The van der Waals surface area contributed by atoms with Crippen molar-refractivity contribution in [3.05, 3.63) is 59.4 Å². The lowest BCUT2D eigenvalue weighted by atomic mass is 9.89. The van der Waals surface area contributed by atoms with Gasteiger partial charge in [-0.05, 0) is 0 Å². The van der Waals surface area contributed by atoms with Crippen LogP contribution in [-0.4, -0.2) is 47.6 Å². The Morgan fingerprint density at radius 1 is 1.14 bits per heavy atom. The van der Waals surface area contributed by atoms with Crippen LogP contribution in [0.25, 0.3) is 0 Å². The van der Waals surface area contributed by atoms with Crippen molar-refractivity contribution >= 4 is 23.3 Å². The van der Waals surface area contributed by atoms with Crippen molar-refractivity contribution < 1.29 is 9.59 Å². The number of nitrogens with zero attached hydrogens (tertiary/aromatic N) is 1. The average Bonchev–Trinajstić information content (AvgIpc) is 2.57. The lowest BCUT2D eigenvalue weighted by Crippen LogP contribution is -2.41. The van der Waals surface area contributed by atoms with Crippen molar-refractivity contribution in [1.82, 2.24) is 10.2 Å². The first kappa shape index (κ1) is 14.9. The van der Waals surface area contributed by atoms with Gasteiger partial charge in [-0.15, -0.1) is 6.58 Å². The highest BCUT2D eigenvalue weighted by Gasteiger charge is 2.35. The van der Waals surface area contributed by atoms with E-state index in [4.69, 9.17) is 0 Å². The first-order chi connectivity index (χ1) is 10.7. The highest BCUT2D eigenvalue weighted by molar-refractivity contribution is 7.99. The van der Waals surface area contributed by atoms with E-state index < -0.39 is 0 Å². The summed E-state index contributed by atoms with van der Waals surface area (Å²) in [6.07, 6.45) is 1.69. The smallest absolute Gasteiger partial charge is 0.212 e. The molecule has 1 aliphatic carbocycles. The molecule has 1 aromatic carbocycles. The number of carbonyl (C=O) groups excluding carboxylic acids is 2. The summed E-state index contributed by atoms with van der Waals surface area (Å²) in [7, 11) is 0. The molecule has 1 N–H and O–H groups in total. The van der Waals surface area contributed by atoms with Crippen LogP contribution in [0.4, 0.5) is 0 Å². The van der Waals surface area contributed by atoms with Crippen LogP contribution >= 0.6 is 11.8 Å². The Balaban J connectivity index is 2.08. The topological polar surface area (TPSA) is 49.4 Å². The van der Waals surface area contributed by atoms with Crippen LogP contribution < -0.4 is 5.32 Å². The number of allylic oxidation sites excluding steroid dienone is 2. The van der Waals surface area contributed by atoms with Crippen molar-refractivity contribution in [2.45, 2.75) is 0 Å². The van der Waals surface area contributed by atoms with E-state index in [-0.39, 0.29) is 11.6 Å². The van der Waals surface area contributed by atoms with Gasteiger partial charge in [0, 0.05) is 42.3 Å². The highest BCUT2D eigenvalue weighted by Crippen LogP contribution is 2.28. The molecule has 1 saturated heterocycles. The Morgan fingerprint density at radius 2 is 1.77 bits per heavy atom. The second-order valence-corrected chi connectivity index (χ2v) is 6.42. The minimum absolute atomic E-state index is 0.0614. The number of rotatable bonds is 4. The van der Waals surface area contributed by atoms with Crippen molar-refractivity contribution in [2.24, 2.45) is 0 Å². The third-order valence-corrected chi connectivity index (χ3v) is 4.79. The van der Waals surface area contributed by atoms with Gasteiger partial charge in [0.15, 0.2) is 0 Å². The summed E-state index contributed by atoms with van der Waals surface area (Å²) in [4.78, 5) is 27.7. The number of carbonyl (C=O) groups is 2. The number of hydrogen-bond acceptors (Lipinski definition) is 5. The van der Waals surface area contributed by atoms with Gasteiger partial charge in [0.2, 0.25) is 11.6 Å². The van der Waals surface area contributed by atoms with Crippen LogP contribution in [-0.2, 0) is 0 Å². The van der Waals surface area contributed by atoms with Gasteiger partial charge in [-0.3, -0.25) is 9.59 Å². The van der Waals surface area contributed by atoms with Crippen LogP contribution in [0.15, 0.2) is 48.3 Å². The molecule has 0 aromatic heterocycles. The van der Waals surface area contributed by atoms with Crippen molar-refractivity contribution in [2.75, 3.05) is 31.1 Å². The summed E-state index contributed by atoms with van der Waals surface area (Å²) in [6, 6.07) is 7.04. The molecule has 1 fully saturated rings. The quantitative estimate of drug-likeness (QED) is 0.863.